The Labute approximate surface area is 188 Å². The fourth-order valence-electron chi connectivity index (χ4n) is 4.51. The summed E-state index contributed by atoms with van der Waals surface area (Å²) in [5.74, 6) is -0.611. The van der Waals surface area contributed by atoms with E-state index in [9.17, 15) is 15.8 Å². The second-order valence-corrected chi connectivity index (χ2v) is 9.38. The molecule has 0 saturated carbocycles. The molecular weight excluding hydrogens is 458 g/mol. The van der Waals surface area contributed by atoms with Crippen molar-refractivity contribution < 1.29 is 0 Å². The lowest BCUT2D eigenvalue weighted by atomic mass is 9.59. The van der Waals surface area contributed by atoms with Crippen molar-refractivity contribution in [2.24, 2.45) is 17.1 Å². The highest BCUT2D eigenvalue weighted by Gasteiger charge is 2.54. The number of thiophene rings is 1. The van der Waals surface area contributed by atoms with E-state index in [1.807, 2.05) is 35.7 Å². The molecule has 0 radical (unpaired) electrons. The molecule has 2 atom stereocenters. The number of hydrogen-bond acceptors (Lipinski definition) is 6. The van der Waals surface area contributed by atoms with Gasteiger partial charge in [0.25, 0.3) is 0 Å². The quantitative estimate of drug-likeness (QED) is 0.706. The smallest absolute Gasteiger partial charge is 0.192 e. The van der Waals surface area contributed by atoms with Gasteiger partial charge in [0.1, 0.15) is 6.07 Å². The fourth-order valence-corrected chi connectivity index (χ4v) is 6.19. The highest BCUT2D eigenvalue weighted by atomic mass is 79.9. The maximum atomic E-state index is 10.1. The maximum absolute atomic E-state index is 10.1. The molecule has 0 spiro atoms. The van der Waals surface area contributed by atoms with Gasteiger partial charge in [0.05, 0.1) is 23.4 Å². The molecule has 0 bridgehead atoms. The number of nitrogens with zero attached hydrogens (tertiary/aromatic N) is 4. The first kappa shape index (κ1) is 20.4. The molecule has 0 fully saturated rings. The summed E-state index contributed by atoms with van der Waals surface area (Å²) in [5, 5.41) is 32.0. The molecule has 4 rings (SSSR count). The van der Waals surface area contributed by atoms with E-state index in [0.717, 1.165) is 21.5 Å². The second kappa shape index (κ2) is 8.09. The third-order valence-electron chi connectivity index (χ3n) is 5.88. The van der Waals surface area contributed by atoms with Crippen molar-refractivity contribution in [1.29, 1.82) is 15.8 Å². The van der Waals surface area contributed by atoms with Crippen LogP contribution in [-0.4, -0.2) is 18.0 Å². The lowest BCUT2D eigenvalue weighted by Crippen LogP contribution is -2.47. The third-order valence-corrected chi connectivity index (χ3v) is 7.66. The van der Waals surface area contributed by atoms with E-state index in [0.29, 0.717) is 13.1 Å². The minimum Gasteiger partial charge on any atom is -0.399 e. The van der Waals surface area contributed by atoms with Gasteiger partial charge < -0.3 is 5.73 Å². The number of allylic oxidation sites excluding steroid dienone is 2. The summed E-state index contributed by atoms with van der Waals surface area (Å²) in [6, 6.07) is 18.7. The van der Waals surface area contributed by atoms with Gasteiger partial charge >= 0.3 is 0 Å². The molecule has 1 aliphatic heterocycles. The Bertz CT molecular complexity index is 1140. The van der Waals surface area contributed by atoms with Crippen LogP contribution in [-0.2, 0) is 6.54 Å². The third kappa shape index (κ3) is 3.24. The first-order valence-corrected chi connectivity index (χ1v) is 11.1. The number of halogens is 1. The minimum atomic E-state index is -1.58. The van der Waals surface area contributed by atoms with Crippen molar-refractivity contribution in [2.75, 3.05) is 13.1 Å². The minimum absolute atomic E-state index is 0.0727. The highest BCUT2D eigenvalue weighted by molar-refractivity contribution is 9.10. The summed E-state index contributed by atoms with van der Waals surface area (Å²) in [6.45, 7) is 2.09. The number of nitrogens with two attached hydrogens (primary N) is 1. The number of benzene rings is 1. The molecule has 5 nitrogen and oxygen atoms in total. The molecule has 0 saturated heterocycles. The Hall–Kier alpha value is -2.89. The number of rotatable bonds is 3. The summed E-state index contributed by atoms with van der Waals surface area (Å²) < 4.78 is 0.906. The summed E-state index contributed by atoms with van der Waals surface area (Å²) in [7, 11) is 0. The standard InChI is InChI=1S/C23H18BrN5S/c24-16-8-20(30-12-16)21-19-11-29(10-15-4-2-1-3-5-15)7-6-17(19)18(9-25)22(28)23(21,13-26)14-27/h1-6,8,12,19,21H,7,10-11,28H2. The summed E-state index contributed by atoms with van der Waals surface area (Å²) in [4.78, 5) is 3.21. The van der Waals surface area contributed by atoms with Crippen LogP contribution in [0.1, 0.15) is 16.4 Å². The van der Waals surface area contributed by atoms with Crippen LogP contribution in [0.2, 0.25) is 0 Å². The summed E-state index contributed by atoms with van der Waals surface area (Å²) >= 11 is 4.99. The molecular formula is C23H18BrN5S. The Kier molecular flexibility index (Phi) is 5.50. The van der Waals surface area contributed by atoms with Gasteiger partial charge in [-0.05, 0) is 33.1 Å². The molecule has 2 heterocycles. The molecule has 1 aromatic carbocycles. The van der Waals surface area contributed by atoms with Crippen molar-refractivity contribution >= 4 is 27.3 Å². The molecule has 30 heavy (non-hydrogen) atoms. The van der Waals surface area contributed by atoms with Gasteiger partial charge in [0.15, 0.2) is 5.41 Å². The molecule has 0 amide bonds. The van der Waals surface area contributed by atoms with E-state index < -0.39 is 11.3 Å². The van der Waals surface area contributed by atoms with Gasteiger partial charge in [0.2, 0.25) is 0 Å². The summed E-state index contributed by atoms with van der Waals surface area (Å²) in [6.07, 6.45) is 2.04. The average molecular weight is 476 g/mol. The predicted molar refractivity (Wildman–Crippen MR) is 119 cm³/mol. The lowest BCUT2D eigenvalue weighted by molar-refractivity contribution is 0.202. The maximum Gasteiger partial charge on any atom is 0.192 e. The average Bonchev–Trinajstić information content (AvgIpc) is 3.19. The molecule has 2 unspecified atom stereocenters. The molecule has 2 aromatic rings. The van der Waals surface area contributed by atoms with Crippen LogP contribution in [0.5, 0.6) is 0 Å². The zero-order valence-corrected chi connectivity index (χ0v) is 18.4. The lowest BCUT2D eigenvalue weighted by Gasteiger charge is -2.45. The van der Waals surface area contributed by atoms with E-state index in [2.05, 4.69) is 51.2 Å². The van der Waals surface area contributed by atoms with E-state index >= 15 is 0 Å². The number of hydrogen-bond donors (Lipinski definition) is 1. The molecule has 1 aliphatic carbocycles. The van der Waals surface area contributed by atoms with E-state index in [-0.39, 0.29) is 17.2 Å². The fraction of sp³-hybridized carbons (Fsp3) is 0.261. The molecule has 2 N–H and O–H groups in total. The van der Waals surface area contributed by atoms with Crippen molar-refractivity contribution in [3.8, 4) is 18.2 Å². The van der Waals surface area contributed by atoms with Crippen LogP contribution < -0.4 is 5.73 Å². The van der Waals surface area contributed by atoms with Gasteiger partial charge in [-0.1, -0.05) is 36.4 Å². The van der Waals surface area contributed by atoms with Crippen molar-refractivity contribution in [1.82, 2.24) is 4.90 Å². The van der Waals surface area contributed by atoms with Crippen LogP contribution in [0.4, 0.5) is 0 Å². The predicted octanol–water partition coefficient (Wildman–Crippen LogP) is 4.44. The van der Waals surface area contributed by atoms with Crippen LogP contribution in [0.15, 0.2) is 69.2 Å². The zero-order valence-electron chi connectivity index (χ0n) is 16.0. The first-order valence-electron chi connectivity index (χ1n) is 9.47. The number of fused-ring (bicyclic) bond motifs is 1. The van der Waals surface area contributed by atoms with E-state index in [4.69, 9.17) is 5.73 Å². The van der Waals surface area contributed by atoms with E-state index in [1.54, 1.807) is 0 Å². The molecule has 7 heteroatoms. The monoisotopic (exact) mass is 475 g/mol. The molecule has 148 valence electrons. The van der Waals surface area contributed by atoms with Crippen molar-refractivity contribution in [2.45, 2.75) is 12.5 Å². The van der Waals surface area contributed by atoms with Gasteiger partial charge in [0, 0.05) is 46.2 Å². The van der Waals surface area contributed by atoms with Crippen LogP contribution in [0.25, 0.3) is 0 Å². The van der Waals surface area contributed by atoms with Crippen LogP contribution in [0.3, 0.4) is 0 Å². The molecule has 2 aliphatic rings. The van der Waals surface area contributed by atoms with Gasteiger partial charge in [-0.25, -0.2) is 0 Å². The van der Waals surface area contributed by atoms with E-state index in [1.165, 1.54) is 16.9 Å². The zero-order chi connectivity index (χ0) is 21.3. The molecule has 1 aromatic heterocycles. The van der Waals surface area contributed by atoms with Gasteiger partial charge in [-0.2, -0.15) is 15.8 Å². The van der Waals surface area contributed by atoms with Crippen molar-refractivity contribution in [3.05, 3.63) is 79.6 Å². The van der Waals surface area contributed by atoms with Crippen molar-refractivity contribution in [3.63, 3.8) is 0 Å². The Morgan fingerprint density at radius 1 is 1.20 bits per heavy atom. The second-order valence-electron chi connectivity index (χ2n) is 7.52. The van der Waals surface area contributed by atoms with Gasteiger partial charge in [-0.15, -0.1) is 11.3 Å². The Morgan fingerprint density at radius 2 is 1.93 bits per heavy atom. The largest absolute Gasteiger partial charge is 0.399 e. The topological polar surface area (TPSA) is 101 Å². The summed E-state index contributed by atoms with van der Waals surface area (Å²) in [5.41, 5.74) is 7.18. The highest BCUT2D eigenvalue weighted by Crippen LogP contribution is 2.55. The Balaban J connectivity index is 1.83. The van der Waals surface area contributed by atoms with Crippen LogP contribution >= 0.6 is 27.3 Å². The first-order chi connectivity index (χ1) is 14.5. The normalized spacial score (nSPS) is 22.9. The SMILES string of the molecule is N#CC1=C(N)C(C#N)(C#N)C(c2cc(Br)cs2)C2CN(Cc3ccccc3)CC=C12. The number of nitriles is 3. The Morgan fingerprint density at radius 3 is 2.53 bits per heavy atom. The van der Waals surface area contributed by atoms with Gasteiger partial charge in [-0.3, -0.25) is 4.90 Å². The van der Waals surface area contributed by atoms with Crippen LogP contribution in [0, 0.1) is 45.3 Å².